The number of anilines is 1. The van der Waals surface area contributed by atoms with Crippen LogP contribution in [0, 0.1) is 6.92 Å². The third-order valence-corrected chi connectivity index (χ3v) is 2.32. The molecule has 88 valence electrons. The fraction of sp³-hybridized carbons (Fsp3) is 0.167. The van der Waals surface area contributed by atoms with E-state index < -0.39 is 0 Å². The molecule has 0 aliphatic rings. The van der Waals surface area contributed by atoms with Crippen molar-refractivity contribution in [2.45, 2.75) is 13.5 Å². The Kier molecular flexibility index (Phi) is 3.09. The average molecular weight is 231 g/mol. The number of carbonyl (C=O) groups is 1. The Morgan fingerprint density at radius 1 is 1.59 bits per heavy atom. The van der Waals surface area contributed by atoms with Crippen LogP contribution in [0.2, 0.25) is 0 Å². The van der Waals surface area contributed by atoms with Crippen LogP contribution in [0.15, 0.2) is 35.1 Å². The summed E-state index contributed by atoms with van der Waals surface area (Å²) in [6.45, 7) is 2.15. The Morgan fingerprint density at radius 2 is 2.41 bits per heavy atom. The van der Waals surface area contributed by atoms with Gasteiger partial charge in [-0.3, -0.25) is 9.78 Å². The summed E-state index contributed by atoms with van der Waals surface area (Å²) in [5.74, 6) is 0.434. The molecule has 0 saturated carbocycles. The Hall–Kier alpha value is -2.30. The predicted octanol–water partition coefficient (Wildman–Crippen LogP) is 1.50. The van der Waals surface area contributed by atoms with Crippen molar-refractivity contribution in [1.29, 1.82) is 0 Å². The molecule has 2 aromatic heterocycles. The minimum Gasteiger partial charge on any atom is -0.467 e. The molecule has 0 fully saturated rings. The summed E-state index contributed by atoms with van der Waals surface area (Å²) in [5, 5.41) is 2.71. The first kappa shape index (κ1) is 11.2. The molecule has 5 nitrogen and oxygen atoms in total. The van der Waals surface area contributed by atoms with Gasteiger partial charge in [0.25, 0.3) is 5.91 Å². The number of rotatable bonds is 3. The maximum absolute atomic E-state index is 11.8. The van der Waals surface area contributed by atoms with E-state index in [-0.39, 0.29) is 5.91 Å². The molecule has 0 aromatic carbocycles. The van der Waals surface area contributed by atoms with Gasteiger partial charge in [-0.1, -0.05) is 0 Å². The number of nitrogens with two attached hydrogens (primary N) is 1. The van der Waals surface area contributed by atoms with Gasteiger partial charge >= 0.3 is 0 Å². The summed E-state index contributed by atoms with van der Waals surface area (Å²) < 4.78 is 5.11. The predicted molar refractivity (Wildman–Crippen MR) is 63.3 cm³/mol. The van der Waals surface area contributed by atoms with Gasteiger partial charge in [-0.2, -0.15) is 0 Å². The molecule has 1 amide bonds. The third kappa shape index (κ3) is 2.63. The van der Waals surface area contributed by atoms with Crippen molar-refractivity contribution in [1.82, 2.24) is 10.3 Å². The SMILES string of the molecule is Cc1cc(N)c(C(=O)NCc2ccco2)cn1. The zero-order valence-electron chi connectivity index (χ0n) is 9.43. The average Bonchev–Trinajstić information content (AvgIpc) is 2.78. The van der Waals surface area contributed by atoms with Crippen LogP contribution in [0.25, 0.3) is 0 Å². The zero-order valence-corrected chi connectivity index (χ0v) is 9.43. The molecular weight excluding hydrogens is 218 g/mol. The number of nitrogens with one attached hydrogen (secondary N) is 1. The van der Waals surface area contributed by atoms with Gasteiger partial charge < -0.3 is 15.5 Å². The minimum absolute atomic E-state index is 0.258. The Labute approximate surface area is 98.6 Å². The van der Waals surface area contributed by atoms with E-state index in [0.29, 0.717) is 23.6 Å². The van der Waals surface area contributed by atoms with Gasteiger partial charge in [-0.15, -0.1) is 0 Å². The molecular formula is C12H13N3O2. The maximum atomic E-state index is 11.8. The number of pyridine rings is 1. The van der Waals surface area contributed by atoms with Gasteiger partial charge in [0.15, 0.2) is 0 Å². The highest BCUT2D eigenvalue weighted by atomic mass is 16.3. The monoisotopic (exact) mass is 231 g/mol. The number of amides is 1. The Balaban J connectivity index is 2.04. The fourth-order valence-electron chi connectivity index (χ4n) is 1.45. The number of furan rings is 1. The number of nitrogens with zero attached hydrogens (tertiary/aromatic N) is 1. The van der Waals surface area contributed by atoms with Crippen molar-refractivity contribution in [2.75, 3.05) is 5.73 Å². The molecule has 3 N–H and O–H groups in total. The smallest absolute Gasteiger partial charge is 0.255 e. The lowest BCUT2D eigenvalue weighted by Gasteiger charge is -2.06. The summed E-state index contributed by atoms with van der Waals surface area (Å²) >= 11 is 0. The van der Waals surface area contributed by atoms with E-state index in [4.69, 9.17) is 10.2 Å². The van der Waals surface area contributed by atoms with Crippen molar-refractivity contribution in [2.24, 2.45) is 0 Å². The van der Waals surface area contributed by atoms with Crippen LogP contribution in [0.5, 0.6) is 0 Å². The van der Waals surface area contributed by atoms with E-state index in [0.717, 1.165) is 5.69 Å². The minimum atomic E-state index is -0.258. The lowest BCUT2D eigenvalue weighted by molar-refractivity contribution is 0.0948. The number of aryl methyl sites for hydroxylation is 1. The van der Waals surface area contributed by atoms with Crippen LogP contribution < -0.4 is 11.1 Å². The Bertz CT molecular complexity index is 521. The van der Waals surface area contributed by atoms with E-state index in [1.165, 1.54) is 6.20 Å². The van der Waals surface area contributed by atoms with Crippen molar-refractivity contribution in [3.8, 4) is 0 Å². The van der Waals surface area contributed by atoms with Crippen LogP contribution in [-0.4, -0.2) is 10.9 Å². The lowest BCUT2D eigenvalue weighted by Crippen LogP contribution is -2.23. The van der Waals surface area contributed by atoms with Crippen LogP contribution in [0.1, 0.15) is 21.8 Å². The molecule has 2 rings (SSSR count). The molecule has 0 spiro atoms. The van der Waals surface area contributed by atoms with Gasteiger partial charge in [0, 0.05) is 17.6 Å². The van der Waals surface area contributed by atoms with Crippen LogP contribution in [0.4, 0.5) is 5.69 Å². The first-order valence-corrected chi connectivity index (χ1v) is 5.19. The first-order valence-electron chi connectivity index (χ1n) is 5.19. The van der Waals surface area contributed by atoms with Gasteiger partial charge in [-0.05, 0) is 25.1 Å². The number of aromatic nitrogens is 1. The summed E-state index contributed by atoms with van der Waals surface area (Å²) in [6.07, 6.45) is 3.03. The highest BCUT2D eigenvalue weighted by Crippen LogP contribution is 2.11. The van der Waals surface area contributed by atoms with E-state index in [1.54, 1.807) is 24.5 Å². The van der Waals surface area contributed by atoms with E-state index >= 15 is 0 Å². The molecule has 2 aromatic rings. The number of nitrogen functional groups attached to an aromatic ring is 1. The topological polar surface area (TPSA) is 81.2 Å². The zero-order chi connectivity index (χ0) is 12.3. The second kappa shape index (κ2) is 4.69. The van der Waals surface area contributed by atoms with Gasteiger partial charge in [-0.25, -0.2) is 0 Å². The molecule has 0 aliphatic heterocycles. The Morgan fingerprint density at radius 3 is 3.06 bits per heavy atom. The molecule has 17 heavy (non-hydrogen) atoms. The summed E-state index contributed by atoms with van der Waals surface area (Å²) in [5.41, 5.74) is 7.33. The molecule has 0 saturated heterocycles. The number of carbonyl (C=O) groups excluding carboxylic acids is 1. The summed E-state index contributed by atoms with van der Waals surface area (Å²) in [7, 11) is 0. The normalized spacial score (nSPS) is 10.2. The molecule has 0 unspecified atom stereocenters. The van der Waals surface area contributed by atoms with Gasteiger partial charge in [0.05, 0.1) is 18.4 Å². The van der Waals surface area contributed by atoms with E-state index in [9.17, 15) is 4.79 Å². The van der Waals surface area contributed by atoms with Crippen LogP contribution in [-0.2, 0) is 6.54 Å². The summed E-state index contributed by atoms with van der Waals surface area (Å²) in [4.78, 5) is 15.8. The molecule has 0 aliphatic carbocycles. The first-order chi connectivity index (χ1) is 8.16. The fourth-order valence-corrected chi connectivity index (χ4v) is 1.45. The maximum Gasteiger partial charge on any atom is 0.255 e. The number of hydrogen-bond donors (Lipinski definition) is 2. The van der Waals surface area contributed by atoms with Crippen molar-refractivity contribution in [3.63, 3.8) is 0 Å². The van der Waals surface area contributed by atoms with Crippen molar-refractivity contribution >= 4 is 11.6 Å². The van der Waals surface area contributed by atoms with Crippen LogP contribution >= 0.6 is 0 Å². The molecule has 5 heteroatoms. The standard InChI is InChI=1S/C12H13N3O2/c1-8-5-11(13)10(7-14-8)12(16)15-6-9-3-2-4-17-9/h2-5,7H,6H2,1H3,(H2,13,14)(H,15,16). The second-order valence-corrected chi connectivity index (χ2v) is 3.67. The van der Waals surface area contributed by atoms with Gasteiger partial charge in [0.2, 0.25) is 0 Å². The second-order valence-electron chi connectivity index (χ2n) is 3.67. The summed E-state index contributed by atoms with van der Waals surface area (Å²) in [6, 6.07) is 5.22. The lowest BCUT2D eigenvalue weighted by atomic mass is 10.2. The molecule has 0 radical (unpaired) electrons. The third-order valence-electron chi connectivity index (χ3n) is 2.32. The molecule has 2 heterocycles. The number of hydrogen-bond acceptors (Lipinski definition) is 4. The quantitative estimate of drug-likeness (QED) is 0.838. The van der Waals surface area contributed by atoms with E-state index in [1.807, 2.05) is 6.92 Å². The van der Waals surface area contributed by atoms with Crippen molar-refractivity contribution < 1.29 is 9.21 Å². The molecule has 0 atom stereocenters. The van der Waals surface area contributed by atoms with Crippen molar-refractivity contribution in [3.05, 3.63) is 47.7 Å². The van der Waals surface area contributed by atoms with E-state index in [2.05, 4.69) is 10.3 Å². The van der Waals surface area contributed by atoms with Gasteiger partial charge in [0.1, 0.15) is 5.76 Å². The highest BCUT2D eigenvalue weighted by molar-refractivity contribution is 5.98. The van der Waals surface area contributed by atoms with Crippen LogP contribution in [0.3, 0.4) is 0 Å². The molecule has 0 bridgehead atoms. The largest absolute Gasteiger partial charge is 0.467 e. The highest BCUT2D eigenvalue weighted by Gasteiger charge is 2.10.